The Morgan fingerprint density at radius 1 is 0.585 bits per heavy atom. The van der Waals surface area contributed by atoms with Gasteiger partial charge in [0.1, 0.15) is 0 Å². The van der Waals surface area contributed by atoms with Crippen molar-refractivity contribution in [2.75, 3.05) is 0 Å². The number of hydrogen-bond donors (Lipinski definition) is 0. The lowest BCUT2D eigenvalue weighted by molar-refractivity contribution is 0.660. The zero-order chi connectivity index (χ0) is 27.3. The Bertz CT molecular complexity index is 2300. The van der Waals surface area contributed by atoms with Gasteiger partial charge in [-0.15, -0.1) is 11.3 Å². The summed E-state index contributed by atoms with van der Waals surface area (Å²) in [6.07, 6.45) is 1.89. The second-order valence-corrected chi connectivity index (χ2v) is 12.7. The van der Waals surface area contributed by atoms with E-state index in [0.717, 1.165) is 5.52 Å². The molecule has 9 rings (SSSR count). The van der Waals surface area contributed by atoms with Crippen LogP contribution in [0.15, 0.2) is 121 Å². The topological polar surface area (TPSA) is 17.8 Å². The molecular weight excluding hydrogens is 516 g/mol. The van der Waals surface area contributed by atoms with E-state index in [9.17, 15) is 0 Å². The van der Waals surface area contributed by atoms with Gasteiger partial charge >= 0.3 is 0 Å². The summed E-state index contributed by atoms with van der Waals surface area (Å²) in [4.78, 5) is 4.69. The number of para-hydroxylation sites is 2. The molecule has 1 aliphatic carbocycles. The van der Waals surface area contributed by atoms with Gasteiger partial charge < -0.3 is 4.57 Å². The van der Waals surface area contributed by atoms with Crippen LogP contribution < -0.4 is 0 Å². The van der Waals surface area contributed by atoms with E-state index in [1.54, 1.807) is 0 Å². The maximum Gasteiger partial charge on any atom is 0.0888 e. The second-order valence-electron chi connectivity index (χ2n) is 11.6. The predicted octanol–water partition coefficient (Wildman–Crippen LogP) is 10.5. The normalized spacial score (nSPS) is 13.8. The van der Waals surface area contributed by atoms with E-state index < -0.39 is 0 Å². The third-order valence-electron chi connectivity index (χ3n) is 9.06. The zero-order valence-corrected chi connectivity index (χ0v) is 23.7. The summed E-state index contributed by atoms with van der Waals surface area (Å²) in [6.45, 7) is 4.74. The Morgan fingerprint density at radius 3 is 2.02 bits per heavy atom. The molecule has 0 atom stereocenters. The molecule has 8 aromatic rings. The van der Waals surface area contributed by atoms with Crippen LogP contribution in [0.4, 0.5) is 0 Å². The van der Waals surface area contributed by atoms with Gasteiger partial charge in [-0.25, -0.2) is 0 Å². The highest BCUT2D eigenvalue weighted by atomic mass is 32.1. The predicted molar refractivity (Wildman–Crippen MR) is 174 cm³/mol. The minimum atomic E-state index is -0.115. The fraction of sp³-hybridized carbons (Fsp3) is 0.0789. The third kappa shape index (κ3) is 3.15. The lowest BCUT2D eigenvalue weighted by Crippen LogP contribution is -2.15. The molecule has 0 fully saturated rings. The lowest BCUT2D eigenvalue weighted by atomic mass is 9.81. The van der Waals surface area contributed by atoms with Crippen LogP contribution in [0.3, 0.4) is 0 Å². The fourth-order valence-corrected chi connectivity index (χ4v) is 8.07. The molecule has 0 unspecified atom stereocenters. The third-order valence-corrected chi connectivity index (χ3v) is 10.2. The van der Waals surface area contributed by atoms with Crippen molar-refractivity contribution in [2.24, 2.45) is 0 Å². The first-order valence-corrected chi connectivity index (χ1v) is 15.0. The minimum absolute atomic E-state index is 0.115. The van der Waals surface area contributed by atoms with Crippen molar-refractivity contribution >= 4 is 53.4 Å². The summed E-state index contributed by atoms with van der Waals surface area (Å²) in [6, 6.07) is 42.6. The highest BCUT2D eigenvalue weighted by Gasteiger charge is 2.36. The Hall–Kier alpha value is -4.73. The van der Waals surface area contributed by atoms with Crippen molar-refractivity contribution in [3.63, 3.8) is 0 Å². The zero-order valence-electron chi connectivity index (χ0n) is 22.8. The number of rotatable bonds is 2. The fourth-order valence-electron chi connectivity index (χ4n) is 7.02. The Morgan fingerprint density at radius 2 is 1.24 bits per heavy atom. The molecule has 0 saturated carbocycles. The van der Waals surface area contributed by atoms with Gasteiger partial charge in [-0.2, -0.15) is 0 Å². The van der Waals surface area contributed by atoms with Crippen LogP contribution in [0.2, 0.25) is 0 Å². The summed E-state index contributed by atoms with van der Waals surface area (Å²) in [5, 5.41) is 3.82. The Balaban J connectivity index is 1.19. The number of pyridine rings is 1. The van der Waals surface area contributed by atoms with Crippen molar-refractivity contribution in [1.82, 2.24) is 9.55 Å². The minimum Gasteiger partial charge on any atom is -0.309 e. The first-order valence-electron chi connectivity index (χ1n) is 14.1. The molecule has 3 heterocycles. The smallest absolute Gasteiger partial charge is 0.0888 e. The summed E-state index contributed by atoms with van der Waals surface area (Å²) < 4.78 is 4.95. The molecule has 5 aromatic carbocycles. The number of thiophene rings is 1. The van der Waals surface area contributed by atoms with E-state index in [-0.39, 0.29) is 5.41 Å². The number of fused-ring (bicyclic) bond motifs is 9. The maximum atomic E-state index is 4.69. The first kappa shape index (κ1) is 23.0. The molecule has 0 spiro atoms. The molecule has 41 heavy (non-hydrogen) atoms. The highest BCUT2D eigenvalue weighted by molar-refractivity contribution is 7.25. The molecule has 2 nitrogen and oxygen atoms in total. The summed E-state index contributed by atoms with van der Waals surface area (Å²) in [5.41, 5.74) is 12.6. The van der Waals surface area contributed by atoms with Gasteiger partial charge in [0.05, 0.1) is 21.3 Å². The Kier molecular flexibility index (Phi) is 4.58. The molecule has 0 bridgehead atoms. The molecule has 3 heteroatoms. The van der Waals surface area contributed by atoms with E-state index >= 15 is 0 Å². The van der Waals surface area contributed by atoms with E-state index in [0.29, 0.717) is 0 Å². The average molecular weight is 543 g/mol. The van der Waals surface area contributed by atoms with Gasteiger partial charge in [0.15, 0.2) is 0 Å². The standard InChI is InChI=1S/C38H26N2S/c1-38(2)31-21-24(23-14-18-35-30(20-23)37-36(41-35)12-7-19-39-37)13-16-26(31)27-17-15-25(22-32(27)38)40-33-10-5-3-8-28(33)29-9-4-6-11-34(29)40/h3-22H,1-2H3. The summed E-state index contributed by atoms with van der Waals surface area (Å²) in [5.74, 6) is 0. The summed E-state index contributed by atoms with van der Waals surface area (Å²) >= 11 is 1.81. The molecule has 0 saturated heterocycles. The van der Waals surface area contributed by atoms with Crippen LogP contribution in [0.1, 0.15) is 25.0 Å². The van der Waals surface area contributed by atoms with Crippen LogP contribution in [-0.4, -0.2) is 9.55 Å². The van der Waals surface area contributed by atoms with Gasteiger partial charge in [0, 0.05) is 38.2 Å². The first-order chi connectivity index (χ1) is 20.1. The van der Waals surface area contributed by atoms with Crippen LogP contribution in [0, 0.1) is 0 Å². The lowest BCUT2D eigenvalue weighted by Gasteiger charge is -2.23. The van der Waals surface area contributed by atoms with Crippen molar-refractivity contribution < 1.29 is 0 Å². The largest absolute Gasteiger partial charge is 0.309 e. The maximum absolute atomic E-state index is 4.69. The molecule has 3 aromatic heterocycles. The van der Waals surface area contributed by atoms with Crippen molar-refractivity contribution in [2.45, 2.75) is 19.3 Å². The van der Waals surface area contributed by atoms with Crippen LogP contribution in [0.5, 0.6) is 0 Å². The number of hydrogen-bond acceptors (Lipinski definition) is 2. The van der Waals surface area contributed by atoms with Crippen molar-refractivity contribution in [1.29, 1.82) is 0 Å². The number of aromatic nitrogens is 2. The number of benzene rings is 5. The molecule has 0 amide bonds. The average Bonchev–Trinajstić information content (AvgIpc) is 3.62. The van der Waals surface area contributed by atoms with Gasteiger partial charge in [-0.3, -0.25) is 4.98 Å². The second kappa shape index (κ2) is 8.15. The van der Waals surface area contributed by atoms with Crippen LogP contribution in [0.25, 0.3) is 70.0 Å². The number of nitrogens with zero attached hydrogens (tertiary/aromatic N) is 2. The van der Waals surface area contributed by atoms with Gasteiger partial charge in [-0.05, 0) is 88.0 Å². The molecule has 1 aliphatic rings. The quantitative estimate of drug-likeness (QED) is 0.212. The van der Waals surface area contributed by atoms with Gasteiger partial charge in [-0.1, -0.05) is 74.5 Å². The van der Waals surface area contributed by atoms with E-state index in [1.165, 1.54) is 75.7 Å². The Labute approximate surface area is 242 Å². The molecule has 0 N–H and O–H groups in total. The monoisotopic (exact) mass is 542 g/mol. The molecule has 0 aliphatic heterocycles. The highest BCUT2D eigenvalue weighted by Crippen LogP contribution is 2.50. The SMILES string of the molecule is CC1(C)c2cc(-c3ccc4sc5cccnc5c4c3)ccc2-c2ccc(-n3c4ccccc4c4ccccc43)cc21. The van der Waals surface area contributed by atoms with Crippen molar-refractivity contribution in [3.05, 3.63) is 133 Å². The van der Waals surface area contributed by atoms with Crippen LogP contribution in [-0.2, 0) is 5.41 Å². The summed E-state index contributed by atoms with van der Waals surface area (Å²) in [7, 11) is 0. The van der Waals surface area contributed by atoms with Crippen molar-refractivity contribution in [3.8, 4) is 27.9 Å². The van der Waals surface area contributed by atoms with Gasteiger partial charge in [0.25, 0.3) is 0 Å². The van der Waals surface area contributed by atoms with E-state index in [2.05, 4.69) is 133 Å². The van der Waals surface area contributed by atoms with Gasteiger partial charge in [0.2, 0.25) is 0 Å². The molecule has 194 valence electrons. The molecular formula is C38H26N2S. The van der Waals surface area contributed by atoms with E-state index in [4.69, 9.17) is 0 Å². The van der Waals surface area contributed by atoms with E-state index in [1.807, 2.05) is 23.6 Å². The van der Waals surface area contributed by atoms with Crippen LogP contribution >= 0.6 is 11.3 Å². The molecule has 0 radical (unpaired) electrons.